The number of rotatable bonds is 6. The van der Waals surface area contributed by atoms with Crippen molar-refractivity contribution in [3.8, 4) is 0 Å². The molecule has 5 heteroatoms. The summed E-state index contributed by atoms with van der Waals surface area (Å²) in [5, 5.41) is 0. The van der Waals surface area contributed by atoms with Gasteiger partial charge in [0.1, 0.15) is 0 Å². The van der Waals surface area contributed by atoms with Crippen molar-refractivity contribution >= 4 is 0 Å². The van der Waals surface area contributed by atoms with E-state index in [2.05, 4.69) is 105 Å². The Bertz CT molecular complexity index is 500. The molecule has 0 radical (unpaired) electrons. The minimum Gasteiger partial charge on any atom is -1.00 e. The van der Waals surface area contributed by atoms with Gasteiger partial charge in [-0.3, -0.25) is 0 Å². The molecule has 2 atom stereocenters. The van der Waals surface area contributed by atoms with E-state index in [4.69, 9.17) is 0 Å². The van der Waals surface area contributed by atoms with E-state index in [1.165, 1.54) is 24.0 Å². The quantitative estimate of drug-likeness (QED) is 0.301. The molecule has 0 aliphatic heterocycles. The van der Waals surface area contributed by atoms with Crippen LogP contribution in [-0.2, 0) is 17.1 Å². The van der Waals surface area contributed by atoms with Gasteiger partial charge in [-0.05, 0) is 12.8 Å². The molecule has 0 aromatic heterocycles. The molecule has 0 saturated heterocycles. The Hall–Kier alpha value is -0.281. The van der Waals surface area contributed by atoms with Crippen LogP contribution in [0.5, 0.6) is 0 Å². The van der Waals surface area contributed by atoms with E-state index in [1.54, 1.807) is 0 Å². The summed E-state index contributed by atoms with van der Waals surface area (Å²) < 4.78 is 2.03. The Kier molecular flexibility index (Phi) is 16.1. The molecule has 2 unspecified atom stereocenters. The van der Waals surface area contributed by atoms with Crippen molar-refractivity contribution in [1.29, 1.82) is 0 Å². The van der Waals surface area contributed by atoms with Crippen molar-refractivity contribution in [2.75, 3.05) is 42.3 Å². The van der Waals surface area contributed by atoms with Crippen molar-refractivity contribution in [3.05, 3.63) is 59.7 Å². The summed E-state index contributed by atoms with van der Waals surface area (Å²) in [7, 11) is 13.5. The molecule has 2 aromatic carbocycles. The van der Waals surface area contributed by atoms with Gasteiger partial charge in [0.25, 0.3) is 0 Å². The van der Waals surface area contributed by atoms with Crippen molar-refractivity contribution < 1.29 is 50.8 Å². The first kappa shape index (κ1) is 31.4. The first-order chi connectivity index (χ1) is 11.1. The van der Waals surface area contributed by atoms with Crippen molar-refractivity contribution in [1.82, 2.24) is 0 Å². The van der Waals surface area contributed by atoms with Crippen LogP contribution in [0.15, 0.2) is 48.5 Å². The number of halogens is 2. The molecule has 164 valence electrons. The molecule has 0 N–H and O–H groups in total. The van der Waals surface area contributed by atoms with Crippen LogP contribution in [0.3, 0.4) is 0 Å². The minimum atomic E-state index is 0. The largest absolute Gasteiger partial charge is 1.00 e. The van der Waals surface area contributed by atoms with Gasteiger partial charge < -0.3 is 63.6 Å². The molecule has 0 heterocycles. The zero-order valence-corrected chi connectivity index (χ0v) is 20.8. The molecule has 0 saturated carbocycles. The van der Waals surface area contributed by atoms with Gasteiger partial charge in [-0.25, -0.2) is 12.1 Å². The summed E-state index contributed by atoms with van der Waals surface area (Å²) in [4.78, 5) is 0. The molecule has 0 spiro atoms. The minimum absolute atomic E-state index is 0. The zero-order chi connectivity index (χ0) is 18.4. The fraction of sp³-hybridized carbons (Fsp3) is 0.545. The molecular formula is C22H38Cl2FeN2-6. The van der Waals surface area contributed by atoms with Gasteiger partial charge in [0, 0.05) is 17.1 Å². The molecule has 0 amide bonds. The molecular weight excluding hydrogens is 419 g/mol. The third kappa shape index (κ3) is 10.2. The van der Waals surface area contributed by atoms with Crippen molar-refractivity contribution in [2.45, 2.75) is 38.8 Å². The fourth-order valence-corrected chi connectivity index (χ4v) is 3.68. The van der Waals surface area contributed by atoms with Crippen LogP contribution < -0.4 is 24.8 Å². The third-order valence-electron chi connectivity index (χ3n) is 4.79. The van der Waals surface area contributed by atoms with Crippen LogP contribution in [0.2, 0.25) is 0 Å². The maximum Gasteiger partial charge on any atom is 0.0705 e. The van der Waals surface area contributed by atoms with Gasteiger partial charge in [-0.2, -0.15) is 12.1 Å². The van der Waals surface area contributed by atoms with E-state index in [0.29, 0.717) is 12.1 Å². The van der Waals surface area contributed by atoms with Gasteiger partial charge in [0.05, 0.1) is 48.3 Å². The maximum atomic E-state index is 2.25. The normalized spacial score (nSPS) is 13.0. The monoisotopic (exact) mass is 456 g/mol. The molecule has 27 heavy (non-hydrogen) atoms. The standard InChI is InChI=1S/2C11H19N.2ClH.Fe/c2*1-5-11(12(2,3)4)10-8-6-7-9-10;;;/h2*6-9,11H,5H2,1-4H3;2*1H;/q;-4;;;/p-2. The Morgan fingerprint density at radius 2 is 1.11 bits per heavy atom. The summed E-state index contributed by atoms with van der Waals surface area (Å²) in [6.07, 6.45) is 2.40. The number of quaternary nitrogens is 2. The smallest absolute Gasteiger partial charge is 0.0705 e. The average molecular weight is 457 g/mol. The van der Waals surface area contributed by atoms with Crippen LogP contribution in [0.1, 0.15) is 49.9 Å². The first-order valence-corrected chi connectivity index (χ1v) is 9.16. The van der Waals surface area contributed by atoms with E-state index < -0.39 is 0 Å². The second-order valence-electron chi connectivity index (χ2n) is 8.52. The topological polar surface area (TPSA) is 0 Å². The second kappa shape index (κ2) is 13.8. The first-order valence-electron chi connectivity index (χ1n) is 9.16. The fourth-order valence-electron chi connectivity index (χ4n) is 3.68. The summed E-state index contributed by atoms with van der Waals surface area (Å²) in [6, 6.07) is 18.6. The second-order valence-corrected chi connectivity index (χ2v) is 8.52. The van der Waals surface area contributed by atoms with Gasteiger partial charge in [0.15, 0.2) is 0 Å². The summed E-state index contributed by atoms with van der Waals surface area (Å²) >= 11 is 0. The summed E-state index contributed by atoms with van der Waals surface area (Å²) in [5.74, 6) is 0. The van der Waals surface area contributed by atoms with Crippen molar-refractivity contribution in [3.63, 3.8) is 0 Å². The average Bonchev–Trinajstić information content (AvgIpc) is 3.11. The van der Waals surface area contributed by atoms with E-state index >= 15 is 0 Å². The van der Waals surface area contributed by atoms with Gasteiger partial charge in [-0.15, -0.1) is 5.56 Å². The van der Waals surface area contributed by atoms with Gasteiger partial charge >= 0.3 is 0 Å². The number of nitrogens with zero attached hydrogens (tertiary/aromatic N) is 2. The van der Waals surface area contributed by atoms with Gasteiger partial charge in [0.2, 0.25) is 0 Å². The molecule has 0 bridgehead atoms. The van der Waals surface area contributed by atoms with E-state index in [9.17, 15) is 0 Å². The van der Waals surface area contributed by atoms with E-state index in [1.807, 2.05) is 0 Å². The molecule has 0 fully saturated rings. The molecule has 2 aromatic rings. The molecule has 2 nitrogen and oxygen atoms in total. The number of hydrogen-bond acceptors (Lipinski definition) is 0. The number of hydrogen-bond donors (Lipinski definition) is 0. The Balaban J connectivity index is -0.000000384. The third-order valence-corrected chi connectivity index (χ3v) is 4.79. The van der Waals surface area contributed by atoms with Crippen LogP contribution >= 0.6 is 0 Å². The summed E-state index contributed by atoms with van der Waals surface area (Å²) in [5.41, 5.74) is 2.93. The SMILES string of the molecule is CCC([c-]1[cH-][cH-][cH-][cH-]1)[N+](C)(C)C.CCC([c-]1cccc1)[N+](C)(C)C.[Cl-].[Cl-].[Fe]. The maximum absolute atomic E-state index is 2.25. The van der Waals surface area contributed by atoms with Gasteiger partial charge in [-0.1, -0.05) is 19.9 Å². The van der Waals surface area contributed by atoms with Crippen LogP contribution in [-0.4, -0.2) is 51.3 Å². The van der Waals surface area contributed by atoms with Crippen LogP contribution in [0.4, 0.5) is 0 Å². The van der Waals surface area contributed by atoms with E-state index in [-0.39, 0.29) is 41.9 Å². The Labute approximate surface area is 191 Å². The molecule has 0 aliphatic carbocycles. The predicted molar refractivity (Wildman–Crippen MR) is 106 cm³/mol. The van der Waals surface area contributed by atoms with Crippen LogP contribution in [0.25, 0.3) is 0 Å². The Morgan fingerprint density at radius 3 is 1.41 bits per heavy atom. The Morgan fingerprint density at radius 1 is 0.741 bits per heavy atom. The zero-order valence-electron chi connectivity index (χ0n) is 18.2. The van der Waals surface area contributed by atoms with E-state index in [0.717, 1.165) is 8.97 Å². The molecule has 2 rings (SSSR count). The summed E-state index contributed by atoms with van der Waals surface area (Å²) in [6.45, 7) is 4.50. The molecule has 0 aliphatic rings. The van der Waals surface area contributed by atoms with Crippen LogP contribution in [0, 0.1) is 0 Å². The predicted octanol–water partition coefficient (Wildman–Crippen LogP) is -0.869. The van der Waals surface area contributed by atoms with Crippen molar-refractivity contribution in [2.24, 2.45) is 0 Å².